The van der Waals surface area contributed by atoms with E-state index in [1.54, 1.807) is 0 Å². The predicted octanol–water partition coefficient (Wildman–Crippen LogP) is 0.368. The van der Waals surface area contributed by atoms with Crippen molar-refractivity contribution in [3.8, 4) is 0 Å². The number of hydrogen-bond acceptors (Lipinski definition) is 2. The van der Waals surface area contributed by atoms with E-state index in [2.05, 4.69) is 24.5 Å². The predicted molar refractivity (Wildman–Crippen MR) is 48.8 cm³/mol. The highest BCUT2D eigenvalue weighted by atomic mass is 16.2. The van der Waals surface area contributed by atoms with Gasteiger partial charge >= 0.3 is 0 Å². The van der Waals surface area contributed by atoms with Crippen LogP contribution in [0.4, 0.5) is 0 Å². The minimum atomic E-state index is 0.236. The highest BCUT2D eigenvalue weighted by Gasteiger charge is 2.38. The van der Waals surface area contributed by atoms with Gasteiger partial charge in [-0.2, -0.15) is 0 Å². The van der Waals surface area contributed by atoms with Crippen molar-refractivity contribution >= 4 is 5.91 Å². The van der Waals surface area contributed by atoms with Crippen LogP contribution in [0, 0.1) is 11.8 Å². The summed E-state index contributed by atoms with van der Waals surface area (Å²) in [4.78, 5) is 11.2. The molecule has 70 valence electrons. The van der Waals surface area contributed by atoms with Crippen molar-refractivity contribution in [1.82, 2.24) is 10.6 Å². The van der Waals surface area contributed by atoms with Crippen LogP contribution in [-0.4, -0.2) is 25.5 Å². The van der Waals surface area contributed by atoms with Crippen molar-refractivity contribution in [3.63, 3.8) is 0 Å². The molecule has 0 saturated heterocycles. The summed E-state index contributed by atoms with van der Waals surface area (Å²) in [5, 5.41) is 6.07. The molecule has 0 aromatic heterocycles. The molecule has 1 saturated carbocycles. The van der Waals surface area contributed by atoms with Crippen molar-refractivity contribution < 1.29 is 4.79 Å². The molecule has 0 radical (unpaired) electrons. The van der Waals surface area contributed by atoms with Crippen LogP contribution in [0.15, 0.2) is 0 Å². The fourth-order valence-electron chi connectivity index (χ4n) is 1.27. The minimum Gasteiger partial charge on any atom is -0.355 e. The van der Waals surface area contributed by atoms with Crippen LogP contribution < -0.4 is 10.6 Å². The molecule has 1 rings (SSSR count). The van der Waals surface area contributed by atoms with Crippen molar-refractivity contribution in [1.29, 1.82) is 0 Å². The summed E-state index contributed by atoms with van der Waals surface area (Å²) >= 11 is 0. The van der Waals surface area contributed by atoms with Crippen molar-refractivity contribution in [2.75, 3.05) is 19.6 Å². The van der Waals surface area contributed by atoms with Crippen LogP contribution in [0.3, 0.4) is 0 Å². The zero-order valence-corrected chi connectivity index (χ0v) is 7.89. The number of carbonyl (C=O) groups is 1. The van der Waals surface area contributed by atoms with E-state index in [-0.39, 0.29) is 5.91 Å². The Balaban J connectivity index is 1.96. The lowest BCUT2D eigenvalue weighted by molar-refractivity contribution is -0.122. The number of rotatable bonds is 5. The molecular formula is C9H18N2O. The van der Waals surface area contributed by atoms with Gasteiger partial charge in [-0.1, -0.05) is 13.8 Å². The lowest BCUT2D eigenvalue weighted by atomic mass is 10.3. The van der Waals surface area contributed by atoms with Crippen LogP contribution in [0.5, 0.6) is 0 Å². The molecule has 0 aliphatic heterocycles. The Morgan fingerprint density at radius 3 is 2.67 bits per heavy atom. The first-order chi connectivity index (χ1) is 5.75. The third kappa shape index (κ3) is 2.81. The molecule has 1 aliphatic carbocycles. The van der Waals surface area contributed by atoms with Gasteiger partial charge in [-0.3, -0.25) is 4.79 Å². The topological polar surface area (TPSA) is 41.1 Å². The standard InChI is InChI=1S/C9H18N2O/c1-3-10-4-5-11-9(12)8-6-7(8)2/h7-8,10H,3-6H2,1-2H3,(H,11,12). The van der Waals surface area contributed by atoms with Gasteiger partial charge in [-0.05, 0) is 18.9 Å². The molecule has 0 bridgehead atoms. The summed E-state index contributed by atoms with van der Waals surface area (Å²) in [6.07, 6.45) is 1.08. The van der Waals surface area contributed by atoms with E-state index in [9.17, 15) is 4.79 Å². The zero-order chi connectivity index (χ0) is 8.97. The second-order valence-corrected chi connectivity index (χ2v) is 3.46. The molecule has 3 nitrogen and oxygen atoms in total. The maximum absolute atomic E-state index is 11.2. The minimum absolute atomic E-state index is 0.236. The highest BCUT2D eigenvalue weighted by Crippen LogP contribution is 2.37. The molecule has 1 fully saturated rings. The second-order valence-electron chi connectivity index (χ2n) is 3.46. The molecule has 0 aromatic carbocycles. The summed E-state index contributed by atoms with van der Waals surface area (Å²) in [6, 6.07) is 0. The summed E-state index contributed by atoms with van der Waals surface area (Å²) in [5.41, 5.74) is 0. The fourth-order valence-corrected chi connectivity index (χ4v) is 1.27. The lowest BCUT2D eigenvalue weighted by Crippen LogP contribution is -2.32. The first kappa shape index (κ1) is 9.52. The average Bonchev–Trinajstić information content (AvgIpc) is 2.76. The van der Waals surface area contributed by atoms with Gasteiger partial charge in [0, 0.05) is 19.0 Å². The van der Waals surface area contributed by atoms with E-state index in [0.29, 0.717) is 11.8 Å². The molecule has 3 heteroatoms. The van der Waals surface area contributed by atoms with Gasteiger partial charge in [0.05, 0.1) is 0 Å². The molecule has 2 atom stereocenters. The maximum atomic E-state index is 11.2. The summed E-state index contributed by atoms with van der Waals surface area (Å²) in [5.74, 6) is 1.16. The van der Waals surface area contributed by atoms with E-state index in [1.165, 1.54) is 0 Å². The van der Waals surface area contributed by atoms with Crippen molar-refractivity contribution in [3.05, 3.63) is 0 Å². The van der Waals surface area contributed by atoms with Crippen LogP contribution in [0.1, 0.15) is 20.3 Å². The third-order valence-electron chi connectivity index (χ3n) is 2.30. The van der Waals surface area contributed by atoms with Gasteiger partial charge in [0.1, 0.15) is 0 Å². The number of hydrogen-bond donors (Lipinski definition) is 2. The molecule has 1 aliphatic rings. The van der Waals surface area contributed by atoms with E-state index >= 15 is 0 Å². The van der Waals surface area contributed by atoms with Crippen LogP contribution >= 0.6 is 0 Å². The van der Waals surface area contributed by atoms with Gasteiger partial charge in [0.25, 0.3) is 0 Å². The number of carbonyl (C=O) groups excluding carboxylic acids is 1. The van der Waals surface area contributed by atoms with E-state index in [4.69, 9.17) is 0 Å². The van der Waals surface area contributed by atoms with Crippen LogP contribution in [-0.2, 0) is 4.79 Å². The van der Waals surface area contributed by atoms with Crippen molar-refractivity contribution in [2.45, 2.75) is 20.3 Å². The fraction of sp³-hybridized carbons (Fsp3) is 0.889. The Morgan fingerprint density at radius 1 is 1.50 bits per heavy atom. The Hall–Kier alpha value is -0.570. The molecule has 0 heterocycles. The SMILES string of the molecule is CCNCCNC(=O)C1CC1C. The smallest absolute Gasteiger partial charge is 0.223 e. The number of nitrogens with one attached hydrogen (secondary N) is 2. The number of likely N-dealkylation sites (N-methyl/N-ethyl adjacent to an activating group) is 1. The van der Waals surface area contributed by atoms with Gasteiger partial charge in [-0.15, -0.1) is 0 Å². The monoisotopic (exact) mass is 170 g/mol. The van der Waals surface area contributed by atoms with E-state index in [1.807, 2.05) is 0 Å². The summed E-state index contributed by atoms with van der Waals surface area (Å²) < 4.78 is 0. The quantitative estimate of drug-likeness (QED) is 0.585. The Morgan fingerprint density at radius 2 is 2.17 bits per heavy atom. The average molecular weight is 170 g/mol. The van der Waals surface area contributed by atoms with Gasteiger partial charge < -0.3 is 10.6 Å². The molecule has 2 N–H and O–H groups in total. The molecule has 0 aromatic rings. The van der Waals surface area contributed by atoms with Crippen LogP contribution in [0.2, 0.25) is 0 Å². The molecule has 12 heavy (non-hydrogen) atoms. The second kappa shape index (κ2) is 4.45. The first-order valence-electron chi connectivity index (χ1n) is 4.74. The van der Waals surface area contributed by atoms with Crippen LogP contribution in [0.25, 0.3) is 0 Å². The summed E-state index contributed by atoms with van der Waals surface area (Å²) in [6.45, 7) is 6.79. The lowest BCUT2D eigenvalue weighted by Gasteiger charge is -2.03. The van der Waals surface area contributed by atoms with E-state index in [0.717, 1.165) is 26.1 Å². The normalized spacial score (nSPS) is 26.8. The number of amides is 1. The van der Waals surface area contributed by atoms with Gasteiger partial charge in [0.15, 0.2) is 0 Å². The Kier molecular flexibility index (Phi) is 3.53. The third-order valence-corrected chi connectivity index (χ3v) is 2.30. The van der Waals surface area contributed by atoms with Crippen molar-refractivity contribution in [2.24, 2.45) is 11.8 Å². The maximum Gasteiger partial charge on any atom is 0.223 e. The van der Waals surface area contributed by atoms with Gasteiger partial charge in [0.2, 0.25) is 5.91 Å². The first-order valence-corrected chi connectivity index (χ1v) is 4.74. The summed E-state index contributed by atoms with van der Waals surface area (Å²) in [7, 11) is 0. The molecule has 1 amide bonds. The zero-order valence-electron chi connectivity index (χ0n) is 7.89. The molecule has 0 spiro atoms. The molecular weight excluding hydrogens is 152 g/mol. The van der Waals surface area contributed by atoms with Gasteiger partial charge in [-0.25, -0.2) is 0 Å². The highest BCUT2D eigenvalue weighted by molar-refractivity contribution is 5.81. The largest absolute Gasteiger partial charge is 0.355 e. The Labute approximate surface area is 73.9 Å². The Bertz CT molecular complexity index is 159. The van der Waals surface area contributed by atoms with E-state index < -0.39 is 0 Å². The molecule has 2 unspecified atom stereocenters.